The zero-order chi connectivity index (χ0) is 12.0. The Labute approximate surface area is 91.8 Å². The van der Waals surface area contributed by atoms with Crippen LogP contribution >= 0.6 is 0 Å². The van der Waals surface area contributed by atoms with Gasteiger partial charge in [0, 0.05) is 23.5 Å². The van der Waals surface area contributed by atoms with Gasteiger partial charge in [0.05, 0.1) is 0 Å². The molecule has 0 aliphatic rings. The molecule has 0 bridgehead atoms. The lowest BCUT2D eigenvalue weighted by Gasteiger charge is -2.01. The molecule has 0 radical (unpaired) electrons. The quantitative estimate of drug-likeness (QED) is 0.383. The number of hydrogen-bond donors (Lipinski definition) is 3. The molecule has 0 aliphatic heterocycles. The largest absolute Gasteiger partial charge is 0.399 e. The number of carbonyl (C=O) groups excluding carboxylic acids is 2. The highest BCUT2D eigenvalue weighted by Gasteiger charge is 1.99. The van der Waals surface area contributed by atoms with Crippen molar-refractivity contribution >= 4 is 23.3 Å². The first kappa shape index (κ1) is 11.7. The van der Waals surface area contributed by atoms with Gasteiger partial charge in [-0.1, -0.05) is 0 Å². The highest BCUT2D eigenvalue weighted by atomic mass is 16.7. The summed E-state index contributed by atoms with van der Waals surface area (Å²) in [7, 11) is 0. The third-order valence-electron chi connectivity index (χ3n) is 1.67. The van der Waals surface area contributed by atoms with E-state index in [2.05, 4.69) is 16.1 Å². The predicted molar refractivity (Wildman–Crippen MR) is 58.9 cm³/mol. The Morgan fingerprint density at radius 2 is 1.81 bits per heavy atom. The van der Waals surface area contributed by atoms with Gasteiger partial charge >= 0.3 is 5.97 Å². The average Bonchev–Trinajstić information content (AvgIpc) is 2.29. The fourth-order valence-corrected chi connectivity index (χ4v) is 0.933. The first-order valence-electron chi connectivity index (χ1n) is 4.37. The van der Waals surface area contributed by atoms with E-state index >= 15 is 0 Å². The van der Waals surface area contributed by atoms with Crippen molar-refractivity contribution in [1.82, 2.24) is 0 Å². The molecule has 1 aromatic rings. The monoisotopic (exact) mass is 221 g/mol. The van der Waals surface area contributed by atoms with E-state index in [1.165, 1.54) is 0 Å². The van der Waals surface area contributed by atoms with Gasteiger partial charge in [0.1, 0.15) is 0 Å². The van der Waals surface area contributed by atoms with Crippen molar-refractivity contribution in [3.8, 4) is 0 Å². The van der Waals surface area contributed by atoms with Gasteiger partial charge < -0.3 is 15.9 Å². The van der Waals surface area contributed by atoms with Gasteiger partial charge in [-0.15, -0.1) is 0 Å². The molecule has 1 rings (SSSR count). The molecule has 0 spiro atoms. The van der Waals surface area contributed by atoms with E-state index in [4.69, 9.17) is 5.73 Å². The molecule has 0 unspecified atom stereocenters. The summed E-state index contributed by atoms with van der Waals surface area (Å²) in [6.45, 7) is 0. The number of nitrogens with two attached hydrogens (primary N) is 2. The van der Waals surface area contributed by atoms with Gasteiger partial charge in [-0.3, -0.25) is 4.79 Å². The maximum absolute atomic E-state index is 11.2. The van der Waals surface area contributed by atoms with E-state index in [1.54, 1.807) is 24.3 Å². The normalized spacial score (nSPS) is 10.1. The molecule has 0 fully saturated rings. The maximum Gasteiger partial charge on any atom is 0.349 e. The topological polar surface area (TPSA) is 107 Å². The fourth-order valence-electron chi connectivity index (χ4n) is 0.933. The molecule has 6 heteroatoms. The highest BCUT2D eigenvalue weighted by molar-refractivity contribution is 6.02. The molecule has 1 amide bonds. The smallest absolute Gasteiger partial charge is 0.349 e. The zero-order valence-corrected chi connectivity index (χ0v) is 8.34. The van der Waals surface area contributed by atoms with E-state index in [9.17, 15) is 9.59 Å². The van der Waals surface area contributed by atoms with Crippen molar-refractivity contribution in [3.05, 3.63) is 36.4 Å². The molecule has 5 N–H and O–H groups in total. The van der Waals surface area contributed by atoms with E-state index in [-0.39, 0.29) is 0 Å². The van der Waals surface area contributed by atoms with Crippen molar-refractivity contribution in [1.29, 1.82) is 0 Å². The number of nitrogen functional groups attached to an aromatic ring is 1. The minimum Gasteiger partial charge on any atom is -0.399 e. The van der Waals surface area contributed by atoms with Crippen molar-refractivity contribution in [2.24, 2.45) is 5.90 Å². The van der Waals surface area contributed by atoms with Crippen LogP contribution in [-0.2, 0) is 14.4 Å². The first-order chi connectivity index (χ1) is 7.61. The second kappa shape index (κ2) is 5.52. The first-order valence-corrected chi connectivity index (χ1v) is 4.37. The van der Waals surface area contributed by atoms with Crippen LogP contribution in [0.4, 0.5) is 11.4 Å². The van der Waals surface area contributed by atoms with Crippen molar-refractivity contribution < 1.29 is 14.4 Å². The van der Waals surface area contributed by atoms with Crippen LogP contribution in [0.3, 0.4) is 0 Å². The Balaban J connectivity index is 2.55. The number of nitrogens with one attached hydrogen (secondary N) is 1. The number of rotatable bonds is 3. The molecule has 0 atom stereocenters. The number of anilines is 2. The standard InChI is InChI=1S/C10H11N3O3/c11-7-1-3-8(4-2-7)13-9(14)5-6-10(15)16-12/h1-6H,11-12H2,(H,13,14)/b6-5-. The predicted octanol–water partition coefficient (Wildman–Crippen LogP) is 0.180. The van der Waals surface area contributed by atoms with Gasteiger partial charge in [-0.2, -0.15) is 5.90 Å². The fraction of sp³-hybridized carbons (Fsp3) is 0. The summed E-state index contributed by atoms with van der Waals surface area (Å²) in [6.07, 6.45) is 1.94. The molecular formula is C10H11N3O3. The third kappa shape index (κ3) is 3.81. The summed E-state index contributed by atoms with van der Waals surface area (Å²) in [4.78, 5) is 25.7. The number of carbonyl (C=O) groups is 2. The van der Waals surface area contributed by atoms with Crippen LogP contribution < -0.4 is 16.9 Å². The van der Waals surface area contributed by atoms with Crippen LogP contribution in [0, 0.1) is 0 Å². The molecule has 0 aromatic heterocycles. The Hall–Kier alpha value is -2.34. The van der Waals surface area contributed by atoms with E-state index in [1.807, 2.05) is 0 Å². The molecular weight excluding hydrogens is 210 g/mol. The second-order valence-electron chi connectivity index (χ2n) is 2.88. The molecule has 0 saturated carbocycles. The summed E-state index contributed by atoms with van der Waals surface area (Å²) in [5.41, 5.74) is 6.64. The lowest BCUT2D eigenvalue weighted by Crippen LogP contribution is -2.11. The summed E-state index contributed by atoms with van der Waals surface area (Å²) >= 11 is 0. The van der Waals surface area contributed by atoms with Crippen LogP contribution in [0.15, 0.2) is 36.4 Å². The van der Waals surface area contributed by atoms with Gasteiger partial charge in [0.15, 0.2) is 0 Å². The molecule has 16 heavy (non-hydrogen) atoms. The van der Waals surface area contributed by atoms with Gasteiger partial charge in [-0.05, 0) is 24.3 Å². The van der Waals surface area contributed by atoms with Crippen molar-refractivity contribution in [2.75, 3.05) is 11.1 Å². The van der Waals surface area contributed by atoms with Crippen LogP contribution in [0.1, 0.15) is 0 Å². The molecule has 0 heterocycles. The van der Waals surface area contributed by atoms with Crippen LogP contribution in [0.25, 0.3) is 0 Å². The third-order valence-corrected chi connectivity index (χ3v) is 1.67. The lowest BCUT2D eigenvalue weighted by molar-refractivity contribution is -0.138. The maximum atomic E-state index is 11.2. The molecule has 0 aliphatic carbocycles. The minimum atomic E-state index is -0.799. The summed E-state index contributed by atoms with van der Waals surface area (Å²) in [6, 6.07) is 6.58. The van der Waals surface area contributed by atoms with E-state index < -0.39 is 11.9 Å². The minimum absolute atomic E-state index is 0.463. The molecule has 6 nitrogen and oxygen atoms in total. The summed E-state index contributed by atoms with van der Waals surface area (Å²) in [5, 5.41) is 2.52. The number of benzene rings is 1. The van der Waals surface area contributed by atoms with Crippen LogP contribution in [0.5, 0.6) is 0 Å². The molecule has 84 valence electrons. The van der Waals surface area contributed by atoms with Crippen molar-refractivity contribution in [2.45, 2.75) is 0 Å². The second-order valence-corrected chi connectivity index (χ2v) is 2.88. The van der Waals surface area contributed by atoms with Gasteiger partial charge in [0.25, 0.3) is 0 Å². The lowest BCUT2D eigenvalue weighted by atomic mass is 10.3. The Morgan fingerprint density at radius 3 is 2.38 bits per heavy atom. The number of amides is 1. The molecule has 0 saturated heterocycles. The van der Waals surface area contributed by atoms with Gasteiger partial charge in [-0.25, -0.2) is 4.79 Å². The number of hydrogen-bond acceptors (Lipinski definition) is 5. The van der Waals surface area contributed by atoms with Gasteiger partial charge in [0.2, 0.25) is 5.91 Å². The zero-order valence-electron chi connectivity index (χ0n) is 8.34. The van der Waals surface area contributed by atoms with Crippen molar-refractivity contribution in [3.63, 3.8) is 0 Å². The molecule has 1 aromatic carbocycles. The van der Waals surface area contributed by atoms with Crippen LogP contribution in [-0.4, -0.2) is 11.9 Å². The Morgan fingerprint density at radius 1 is 1.19 bits per heavy atom. The Bertz CT molecular complexity index is 412. The highest BCUT2D eigenvalue weighted by Crippen LogP contribution is 2.10. The average molecular weight is 221 g/mol. The Kier molecular flexibility index (Phi) is 4.05. The summed E-state index contributed by atoms with van der Waals surface area (Å²) < 4.78 is 0. The SMILES string of the molecule is NOC(=O)/C=C\C(=O)Nc1ccc(N)cc1. The summed E-state index contributed by atoms with van der Waals surface area (Å²) in [5.74, 6) is 3.32. The van der Waals surface area contributed by atoms with E-state index in [0.29, 0.717) is 11.4 Å². The van der Waals surface area contributed by atoms with E-state index in [0.717, 1.165) is 12.2 Å². The van der Waals surface area contributed by atoms with Crippen LogP contribution in [0.2, 0.25) is 0 Å².